The smallest absolute Gasteiger partial charge is 0.0492 e. The van der Waals surface area contributed by atoms with Gasteiger partial charge in [-0.1, -0.05) is 12.8 Å². The first-order valence-electron chi connectivity index (χ1n) is 5.96. The van der Waals surface area contributed by atoms with Crippen molar-refractivity contribution in [1.82, 2.24) is 15.1 Å². The SMILES string of the molecule is CC(CC1CC1)NCCc1ccnn1C. The van der Waals surface area contributed by atoms with Crippen molar-refractivity contribution in [2.45, 2.75) is 38.6 Å². The monoisotopic (exact) mass is 207 g/mol. The van der Waals surface area contributed by atoms with Crippen LogP contribution in [0.3, 0.4) is 0 Å². The summed E-state index contributed by atoms with van der Waals surface area (Å²) in [7, 11) is 2.00. The van der Waals surface area contributed by atoms with Crippen molar-refractivity contribution in [1.29, 1.82) is 0 Å². The van der Waals surface area contributed by atoms with Crippen molar-refractivity contribution in [2.24, 2.45) is 13.0 Å². The third-order valence-electron chi connectivity index (χ3n) is 3.18. The van der Waals surface area contributed by atoms with Crippen LogP contribution in [-0.2, 0) is 13.5 Å². The highest BCUT2D eigenvalue weighted by molar-refractivity contribution is 5.00. The van der Waals surface area contributed by atoms with E-state index in [2.05, 4.69) is 23.4 Å². The maximum atomic E-state index is 4.16. The van der Waals surface area contributed by atoms with Crippen LogP contribution in [0.2, 0.25) is 0 Å². The van der Waals surface area contributed by atoms with Gasteiger partial charge < -0.3 is 5.32 Å². The second kappa shape index (κ2) is 4.79. The fraction of sp³-hybridized carbons (Fsp3) is 0.750. The molecule has 1 fully saturated rings. The molecule has 3 heteroatoms. The molecule has 15 heavy (non-hydrogen) atoms. The molecule has 0 aromatic carbocycles. The minimum Gasteiger partial charge on any atom is -0.314 e. The van der Waals surface area contributed by atoms with Crippen LogP contribution in [0, 0.1) is 5.92 Å². The molecule has 0 radical (unpaired) electrons. The number of nitrogens with zero attached hydrogens (tertiary/aromatic N) is 2. The zero-order valence-corrected chi connectivity index (χ0v) is 9.74. The lowest BCUT2D eigenvalue weighted by atomic mass is 10.1. The molecule has 0 aliphatic heterocycles. The molecule has 0 amide bonds. The maximum Gasteiger partial charge on any atom is 0.0492 e. The van der Waals surface area contributed by atoms with Gasteiger partial charge in [-0.3, -0.25) is 4.68 Å². The van der Waals surface area contributed by atoms with E-state index in [0.29, 0.717) is 6.04 Å². The molecule has 2 rings (SSSR count). The van der Waals surface area contributed by atoms with E-state index in [1.807, 2.05) is 17.9 Å². The summed E-state index contributed by atoms with van der Waals surface area (Å²) < 4.78 is 1.95. The third-order valence-corrected chi connectivity index (χ3v) is 3.18. The number of aryl methyl sites for hydroxylation is 1. The van der Waals surface area contributed by atoms with E-state index >= 15 is 0 Å². The van der Waals surface area contributed by atoms with Crippen LogP contribution in [-0.4, -0.2) is 22.4 Å². The number of aromatic nitrogens is 2. The van der Waals surface area contributed by atoms with Gasteiger partial charge in [-0.15, -0.1) is 0 Å². The Balaban J connectivity index is 1.63. The summed E-state index contributed by atoms with van der Waals surface area (Å²) in [6.07, 6.45) is 7.20. The summed E-state index contributed by atoms with van der Waals surface area (Å²) in [6, 6.07) is 2.76. The first-order valence-corrected chi connectivity index (χ1v) is 5.96. The standard InChI is InChI=1S/C12H21N3/c1-10(9-11-3-4-11)13-7-5-12-6-8-14-15(12)2/h6,8,10-11,13H,3-5,7,9H2,1-2H3. The van der Waals surface area contributed by atoms with Crippen LogP contribution >= 0.6 is 0 Å². The Morgan fingerprint density at radius 2 is 2.40 bits per heavy atom. The van der Waals surface area contributed by atoms with E-state index in [1.54, 1.807) is 0 Å². The van der Waals surface area contributed by atoms with E-state index in [4.69, 9.17) is 0 Å². The largest absolute Gasteiger partial charge is 0.314 e. The second-order valence-corrected chi connectivity index (χ2v) is 4.73. The maximum absolute atomic E-state index is 4.16. The van der Waals surface area contributed by atoms with E-state index in [-0.39, 0.29) is 0 Å². The van der Waals surface area contributed by atoms with E-state index in [1.165, 1.54) is 25.0 Å². The zero-order valence-electron chi connectivity index (χ0n) is 9.74. The third kappa shape index (κ3) is 3.34. The van der Waals surface area contributed by atoms with Crippen molar-refractivity contribution >= 4 is 0 Å². The summed E-state index contributed by atoms with van der Waals surface area (Å²) in [5.41, 5.74) is 1.31. The molecule has 0 saturated heterocycles. The number of nitrogens with one attached hydrogen (secondary N) is 1. The average molecular weight is 207 g/mol. The highest BCUT2D eigenvalue weighted by atomic mass is 15.3. The summed E-state index contributed by atoms with van der Waals surface area (Å²) in [6.45, 7) is 3.36. The highest BCUT2D eigenvalue weighted by Crippen LogP contribution is 2.33. The van der Waals surface area contributed by atoms with Gasteiger partial charge >= 0.3 is 0 Å². The van der Waals surface area contributed by atoms with Crippen LogP contribution < -0.4 is 5.32 Å². The molecule has 1 aromatic heterocycles. The topological polar surface area (TPSA) is 29.9 Å². The molecule has 1 aromatic rings. The molecule has 84 valence electrons. The number of hydrogen-bond donors (Lipinski definition) is 1. The fourth-order valence-corrected chi connectivity index (χ4v) is 2.03. The Kier molecular flexibility index (Phi) is 3.41. The average Bonchev–Trinajstić information content (AvgIpc) is 2.91. The molecule has 0 spiro atoms. The Bertz CT molecular complexity index is 302. The summed E-state index contributed by atoms with van der Waals surface area (Å²) in [4.78, 5) is 0. The number of hydrogen-bond acceptors (Lipinski definition) is 2. The van der Waals surface area contributed by atoms with Gasteiger partial charge in [0.1, 0.15) is 0 Å². The van der Waals surface area contributed by atoms with Crippen molar-refractivity contribution in [3.63, 3.8) is 0 Å². The van der Waals surface area contributed by atoms with Gasteiger partial charge in [0.05, 0.1) is 0 Å². The van der Waals surface area contributed by atoms with Crippen LogP contribution in [0.15, 0.2) is 12.3 Å². The van der Waals surface area contributed by atoms with Crippen molar-refractivity contribution in [3.05, 3.63) is 18.0 Å². The Morgan fingerprint density at radius 1 is 1.60 bits per heavy atom. The van der Waals surface area contributed by atoms with Crippen molar-refractivity contribution in [2.75, 3.05) is 6.54 Å². The van der Waals surface area contributed by atoms with Crippen LogP contribution in [0.4, 0.5) is 0 Å². The van der Waals surface area contributed by atoms with Gasteiger partial charge in [0, 0.05) is 37.9 Å². The molecular formula is C12H21N3. The normalized spacial score (nSPS) is 18.0. The van der Waals surface area contributed by atoms with E-state index in [9.17, 15) is 0 Å². The minimum absolute atomic E-state index is 0.672. The molecule has 1 unspecified atom stereocenters. The van der Waals surface area contributed by atoms with Gasteiger partial charge in [0.2, 0.25) is 0 Å². The predicted octanol–water partition coefficient (Wildman–Crippen LogP) is 1.74. The Hall–Kier alpha value is -0.830. The Morgan fingerprint density at radius 3 is 3.00 bits per heavy atom. The molecule has 1 heterocycles. The van der Waals surface area contributed by atoms with Crippen LogP contribution in [0.5, 0.6) is 0 Å². The first-order chi connectivity index (χ1) is 7.25. The van der Waals surface area contributed by atoms with Gasteiger partial charge in [-0.05, 0) is 25.3 Å². The highest BCUT2D eigenvalue weighted by Gasteiger charge is 2.23. The minimum atomic E-state index is 0.672. The molecule has 1 aliphatic carbocycles. The number of rotatable bonds is 6. The zero-order chi connectivity index (χ0) is 10.7. The molecular weight excluding hydrogens is 186 g/mol. The van der Waals surface area contributed by atoms with Crippen LogP contribution in [0.1, 0.15) is 31.9 Å². The van der Waals surface area contributed by atoms with Crippen molar-refractivity contribution in [3.8, 4) is 0 Å². The molecule has 1 aliphatic rings. The van der Waals surface area contributed by atoms with Gasteiger partial charge in [-0.25, -0.2) is 0 Å². The Labute approximate surface area is 91.9 Å². The lowest BCUT2D eigenvalue weighted by molar-refractivity contribution is 0.487. The lowest BCUT2D eigenvalue weighted by Gasteiger charge is -2.12. The lowest BCUT2D eigenvalue weighted by Crippen LogP contribution is -2.28. The first kappa shape index (κ1) is 10.7. The molecule has 1 N–H and O–H groups in total. The quantitative estimate of drug-likeness (QED) is 0.770. The van der Waals surface area contributed by atoms with E-state index in [0.717, 1.165) is 18.9 Å². The fourth-order valence-electron chi connectivity index (χ4n) is 2.03. The van der Waals surface area contributed by atoms with Crippen LogP contribution in [0.25, 0.3) is 0 Å². The molecule has 1 saturated carbocycles. The summed E-state index contributed by atoms with van der Waals surface area (Å²) in [5, 5.41) is 7.74. The van der Waals surface area contributed by atoms with Gasteiger partial charge in [-0.2, -0.15) is 5.10 Å². The second-order valence-electron chi connectivity index (χ2n) is 4.73. The van der Waals surface area contributed by atoms with Gasteiger partial charge in [0.15, 0.2) is 0 Å². The summed E-state index contributed by atoms with van der Waals surface area (Å²) >= 11 is 0. The predicted molar refractivity (Wildman–Crippen MR) is 61.7 cm³/mol. The molecule has 1 atom stereocenters. The summed E-state index contributed by atoms with van der Waals surface area (Å²) in [5.74, 6) is 1.02. The van der Waals surface area contributed by atoms with Gasteiger partial charge in [0.25, 0.3) is 0 Å². The molecule has 0 bridgehead atoms. The molecule has 3 nitrogen and oxygen atoms in total. The van der Waals surface area contributed by atoms with Crippen molar-refractivity contribution < 1.29 is 0 Å². The van der Waals surface area contributed by atoms with E-state index < -0.39 is 0 Å².